The maximum Gasteiger partial charge on any atom is 0.214 e. The van der Waals surface area contributed by atoms with Crippen LogP contribution in [-0.4, -0.2) is 15.0 Å². The second kappa shape index (κ2) is 10.1. The highest BCUT2D eigenvalue weighted by molar-refractivity contribution is 7.16. The Morgan fingerprint density at radius 2 is 1.46 bits per heavy atom. The predicted octanol–water partition coefficient (Wildman–Crippen LogP) is 8.83. The van der Waals surface area contributed by atoms with Crippen LogP contribution in [0.5, 0.6) is 0 Å². The molecule has 0 bridgehead atoms. The highest BCUT2D eigenvalue weighted by Gasteiger charge is 2.47. The fourth-order valence-electron chi connectivity index (χ4n) is 6.25. The van der Waals surface area contributed by atoms with Gasteiger partial charge in [-0.15, -0.1) is 16.4 Å². The molecule has 0 radical (unpaired) electrons. The summed E-state index contributed by atoms with van der Waals surface area (Å²) in [5, 5.41) is 10.4. The molecular formula is C36H31N4S+. The Kier molecular flexibility index (Phi) is 6.25. The maximum absolute atomic E-state index is 4.71. The molecule has 7 rings (SSSR count). The topological polar surface area (TPSA) is 34.6 Å². The van der Waals surface area contributed by atoms with Crippen molar-refractivity contribution in [3.63, 3.8) is 0 Å². The summed E-state index contributed by atoms with van der Waals surface area (Å²) in [5.41, 5.74) is 10.0. The Hall–Kier alpha value is -4.61. The first-order valence-electron chi connectivity index (χ1n) is 14.2. The van der Waals surface area contributed by atoms with Gasteiger partial charge < -0.3 is 0 Å². The van der Waals surface area contributed by atoms with Crippen LogP contribution in [0, 0.1) is 0 Å². The monoisotopic (exact) mass is 551 g/mol. The molecule has 4 nitrogen and oxygen atoms in total. The normalized spacial score (nSPS) is 13.6. The Morgan fingerprint density at radius 3 is 2.20 bits per heavy atom. The molecule has 0 amide bonds. The molecule has 3 aromatic heterocycles. The number of pyridine rings is 1. The average Bonchev–Trinajstić information content (AvgIpc) is 3.71. The third-order valence-corrected chi connectivity index (χ3v) is 9.71. The standard InChI is InChI=1S/C36H31N4S/c1-4-36(5-2)25(3)35-31(33-18-12-13-21-39(33)36)23-34(41-35)40-24-32(37-38-40)30-22-28(26-14-8-6-9-15-26)19-20-29(30)27-16-10-7-11-17-27/h6-24H,3-5H2,1-2H3/q+1. The summed E-state index contributed by atoms with van der Waals surface area (Å²) in [4.78, 5) is 1.24. The molecule has 0 saturated carbocycles. The number of fused-ring (bicyclic) bond motifs is 3. The first-order valence-corrected chi connectivity index (χ1v) is 15.0. The van der Waals surface area contributed by atoms with Crippen LogP contribution < -0.4 is 4.57 Å². The summed E-state index contributed by atoms with van der Waals surface area (Å²) in [6.45, 7) is 9.16. The number of rotatable bonds is 6. The number of benzene rings is 3. The van der Waals surface area contributed by atoms with E-state index >= 15 is 0 Å². The summed E-state index contributed by atoms with van der Waals surface area (Å²) in [5.74, 6) is 0. The zero-order chi connectivity index (χ0) is 28.0. The summed E-state index contributed by atoms with van der Waals surface area (Å²) < 4.78 is 4.34. The van der Waals surface area contributed by atoms with Crippen LogP contribution in [-0.2, 0) is 5.54 Å². The van der Waals surface area contributed by atoms with Gasteiger partial charge in [-0.25, -0.2) is 4.68 Å². The summed E-state index contributed by atoms with van der Waals surface area (Å²) in [6.07, 6.45) is 6.24. The van der Waals surface area contributed by atoms with E-state index in [9.17, 15) is 0 Å². The van der Waals surface area contributed by atoms with Crippen LogP contribution in [0.2, 0.25) is 0 Å². The van der Waals surface area contributed by atoms with Gasteiger partial charge in [0, 0.05) is 36.1 Å². The summed E-state index contributed by atoms with van der Waals surface area (Å²) in [7, 11) is 0. The van der Waals surface area contributed by atoms with E-state index in [4.69, 9.17) is 5.10 Å². The van der Waals surface area contributed by atoms with Crippen molar-refractivity contribution in [2.24, 2.45) is 0 Å². The first kappa shape index (κ1) is 25.4. The zero-order valence-corrected chi connectivity index (χ0v) is 24.1. The van der Waals surface area contributed by atoms with Crippen molar-refractivity contribution in [3.8, 4) is 49.8 Å². The maximum atomic E-state index is 4.71. The molecule has 0 spiro atoms. The van der Waals surface area contributed by atoms with Crippen molar-refractivity contribution in [1.82, 2.24) is 15.0 Å². The lowest BCUT2D eigenvalue weighted by atomic mass is 9.79. The molecule has 6 aromatic rings. The molecule has 0 N–H and O–H groups in total. The number of hydrogen-bond donors (Lipinski definition) is 0. The van der Waals surface area contributed by atoms with Crippen molar-refractivity contribution in [1.29, 1.82) is 0 Å². The van der Waals surface area contributed by atoms with Crippen molar-refractivity contribution in [2.75, 3.05) is 0 Å². The van der Waals surface area contributed by atoms with E-state index in [1.807, 2.05) is 16.8 Å². The molecule has 1 aliphatic rings. The lowest BCUT2D eigenvalue weighted by Gasteiger charge is -2.33. The third kappa shape index (κ3) is 4.08. The van der Waals surface area contributed by atoms with Gasteiger partial charge >= 0.3 is 0 Å². The highest BCUT2D eigenvalue weighted by Crippen LogP contribution is 2.48. The molecule has 0 saturated heterocycles. The van der Waals surface area contributed by atoms with Gasteiger partial charge in [-0.3, -0.25) is 0 Å². The second-order valence-electron chi connectivity index (χ2n) is 10.5. The fraction of sp³-hybridized carbons (Fsp3) is 0.139. The lowest BCUT2D eigenvalue weighted by Crippen LogP contribution is -2.58. The summed E-state index contributed by atoms with van der Waals surface area (Å²) in [6, 6.07) is 36.3. The number of aromatic nitrogens is 4. The van der Waals surface area contributed by atoms with Gasteiger partial charge in [0.15, 0.2) is 11.7 Å². The molecule has 0 atom stereocenters. The van der Waals surface area contributed by atoms with Gasteiger partial charge in [0.05, 0.1) is 16.6 Å². The Morgan fingerprint density at radius 1 is 0.756 bits per heavy atom. The quantitative estimate of drug-likeness (QED) is 0.194. The summed E-state index contributed by atoms with van der Waals surface area (Å²) >= 11 is 1.75. The van der Waals surface area contributed by atoms with E-state index in [1.165, 1.54) is 27.3 Å². The van der Waals surface area contributed by atoms with E-state index in [1.54, 1.807) is 11.3 Å². The molecule has 0 fully saturated rings. The van der Waals surface area contributed by atoms with E-state index in [-0.39, 0.29) is 5.54 Å². The zero-order valence-electron chi connectivity index (χ0n) is 23.3. The predicted molar refractivity (Wildman–Crippen MR) is 169 cm³/mol. The number of hydrogen-bond acceptors (Lipinski definition) is 3. The SMILES string of the molecule is C=C1c2sc(-n3cc(-c4cc(-c5ccccc5)ccc4-c4ccccc4)nn3)cc2-c2cccc[n+]2C1(CC)CC. The van der Waals surface area contributed by atoms with Gasteiger partial charge in [-0.05, 0) is 40.5 Å². The lowest BCUT2D eigenvalue weighted by molar-refractivity contribution is -0.741. The minimum Gasteiger partial charge on any atom is -0.210 e. The Labute approximate surface area is 244 Å². The smallest absolute Gasteiger partial charge is 0.210 e. The van der Waals surface area contributed by atoms with Crippen LogP contribution in [0.1, 0.15) is 31.6 Å². The number of nitrogens with zero attached hydrogens (tertiary/aromatic N) is 4. The van der Waals surface area contributed by atoms with Crippen LogP contribution in [0.4, 0.5) is 0 Å². The Bertz CT molecular complexity index is 1880. The van der Waals surface area contributed by atoms with Crippen molar-refractivity contribution in [2.45, 2.75) is 32.2 Å². The largest absolute Gasteiger partial charge is 0.214 e. The molecule has 3 aromatic carbocycles. The molecule has 0 unspecified atom stereocenters. The molecular weight excluding hydrogens is 520 g/mol. The van der Waals surface area contributed by atoms with Crippen LogP contribution >= 0.6 is 11.3 Å². The molecule has 41 heavy (non-hydrogen) atoms. The van der Waals surface area contributed by atoms with Crippen LogP contribution in [0.15, 0.2) is 122 Å². The number of thiophene rings is 1. The Balaban J connectivity index is 1.35. The number of allylic oxidation sites excluding steroid dienone is 1. The highest BCUT2D eigenvalue weighted by atomic mass is 32.1. The van der Waals surface area contributed by atoms with Crippen LogP contribution in [0.3, 0.4) is 0 Å². The molecule has 1 aliphatic heterocycles. The molecule has 200 valence electrons. The van der Waals surface area contributed by atoms with Gasteiger partial charge in [-0.2, -0.15) is 4.57 Å². The first-order chi connectivity index (χ1) is 20.1. The van der Waals surface area contributed by atoms with Crippen LogP contribution in [0.25, 0.3) is 55.3 Å². The average molecular weight is 552 g/mol. The third-order valence-electron chi connectivity index (χ3n) is 8.53. The minimum atomic E-state index is -0.123. The fourth-order valence-corrected chi connectivity index (χ4v) is 7.40. The van der Waals surface area contributed by atoms with Crippen molar-refractivity contribution >= 4 is 16.9 Å². The van der Waals surface area contributed by atoms with Gasteiger partial charge in [0.25, 0.3) is 0 Å². The van der Waals surface area contributed by atoms with Gasteiger partial charge in [-0.1, -0.05) is 98.4 Å². The van der Waals surface area contributed by atoms with Gasteiger partial charge in [0.1, 0.15) is 10.7 Å². The minimum absolute atomic E-state index is 0.123. The van der Waals surface area contributed by atoms with Crippen molar-refractivity contribution < 1.29 is 4.57 Å². The van der Waals surface area contributed by atoms with E-state index < -0.39 is 0 Å². The van der Waals surface area contributed by atoms with E-state index in [0.717, 1.165) is 45.8 Å². The van der Waals surface area contributed by atoms with Gasteiger partial charge in [0.2, 0.25) is 5.69 Å². The van der Waals surface area contributed by atoms with Crippen molar-refractivity contribution in [3.05, 3.63) is 127 Å². The molecule has 0 aliphatic carbocycles. The molecule has 5 heteroatoms. The van der Waals surface area contributed by atoms with E-state index in [0.29, 0.717) is 0 Å². The van der Waals surface area contributed by atoms with E-state index in [2.05, 4.69) is 134 Å². The second-order valence-corrected chi connectivity index (χ2v) is 11.6. The molecule has 4 heterocycles.